The Kier molecular flexibility index (Phi) is 7.80. The fraction of sp³-hybridized carbons (Fsp3) is 0.533. The number of hydrogen-bond acceptors (Lipinski definition) is 3. The predicted octanol–water partition coefficient (Wildman–Crippen LogP) is 2.73. The van der Waals surface area contributed by atoms with Gasteiger partial charge in [-0.3, -0.25) is 0 Å². The van der Waals surface area contributed by atoms with E-state index in [0.717, 1.165) is 24.5 Å². The molecule has 1 aromatic carbocycles. The van der Waals surface area contributed by atoms with Gasteiger partial charge in [0.25, 0.3) is 0 Å². The second kappa shape index (κ2) is 9.42. The number of rotatable bonds is 8. The van der Waals surface area contributed by atoms with Crippen LogP contribution in [-0.2, 0) is 0 Å². The van der Waals surface area contributed by atoms with Crippen molar-refractivity contribution in [1.29, 1.82) is 0 Å². The van der Waals surface area contributed by atoms with Crippen molar-refractivity contribution in [3.63, 3.8) is 0 Å². The van der Waals surface area contributed by atoms with Crippen LogP contribution in [-0.4, -0.2) is 30.9 Å². The zero-order valence-electron chi connectivity index (χ0n) is 12.4. The number of thiocarbonyl (C=S) groups is 1. The molecule has 0 saturated carbocycles. The smallest absolute Gasteiger partial charge is 0.166 e. The van der Waals surface area contributed by atoms with Gasteiger partial charge in [-0.15, -0.1) is 0 Å². The molecule has 1 rings (SSSR count). The quantitative estimate of drug-likeness (QED) is 0.570. The van der Waals surface area contributed by atoms with Crippen LogP contribution in [0.1, 0.15) is 27.2 Å². The summed E-state index contributed by atoms with van der Waals surface area (Å²) in [6.45, 7) is 8.24. The molecule has 112 valence electrons. The molecular weight excluding hydrogens is 272 g/mol. The van der Waals surface area contributed by atoms with Crippen molar-refractivity contribution in [2.45, 2.75) is 33.3 Å². The van der Waals surface area contributed by atoms with E-state index in [1.54, 1.807) is 0 Å². The molecule has 20 heavy (non-hydrogen) atoms. The van der Waals surface area contributed by atoms with E-state index in [0.29, 0.717) is 18.3 Å². The zero-order chi connectivity index (χ0) is 14.8. The van der Waals surface area contributed by atoms with Gasteiger partial charge in [-0.1, -0.05) is 6.92 Å². The Hall–Kier alpha value is -1.49. The molecule has 0 aliphatic rings. The molecule has 0 saturated heterocycles. The van der Waals surface area contributed by atoms with E-state index in [-0.39, 0.29) is 6.10 Å². The molecule has 0 amide bonds. The van der Waals surface area contributed by atoms with E-state index in [2.05, 4.69) is 24.5 Å². The highest BCUT2D eigenvalue weighted by Gasteiger charge is 2.01. The number of hydrogen-bond donors (Lipinski definition) is 2. The Balaban J connectivity index is 2.26. The first-order valence-corrected chi connectivity index (χ1v) is 7.47. The minimum atomic E-state index is 0.234. The van der Waals surface area contributed by atoms with Crippen molar-refractivity contribution in [2.24, 2.45) is 0 Å². The summed E-state index contributed by atoms with van der Waals surface area (Å²) in [7, 11) is 0. The summed E-state index contributed by atoms with van der Waals surface area (Å²) in [4.78, 5) is 0. The molecule has 0 radical (unpaired) electrons. The fourth-order valence-corrected chi connectivity index (χ4v) is 1.73. The summed E-state index contributed by atoms with van der Waals surface area (Å²) in [5.74, 6) is 1.70. The van der Waals surface area contributed by atoms with Crippen LogP contribution >= 0.6 is 12.2 Å². The van der Waals surface area contributed by atoms with Gasteiger partial charge in [0, 0.05) is 6.54 Å². The largest absolute Gasteiger partial charge is 0.492 e. The minimum Gasteiger partial charge on any atom is -0.492 e. The van der Waals surface area contributed by atoms with Crippen LogP contribution in [0.4, 0.5) is 0 Å². The second-order valence-corrected chi connectivity index (χ2v) is 4.85. The maximum atomic E-state index is 5.71. The van der Waals surface area contributed by atoms with Crippen LogP contribution < -0.4 is 20.1 Å². The molecule has 1 unspecified atom stereocenters. The third-order valence-electron chi connectivity index (χ3n) is 2.73. The van der Waals surface area contributed by atoms with Gasteiger partial charge in [0.15, 0.2) is 5.11 Å². The van der Waals surface area contributed by atoms with E-state index < -0.39 is 0 Å². The Morgan fingerprint density at radius 3 is 2.40 bits per heavy atom. The van der Waals surface area contributed by atoms with Crippen LogP contribution in [0.5, 0.6) is 11.5 Å². The first kappa shape index (κ1) is 16.6. The van der Waals surface area contributed by atoms with Crippen LogP contribution in [0, 0.1) is 0 Å². The lowest BCUT2D eigenvalue weighted by atomic mass is 10.3. The molecule has 0 aliphatic carbocycles. The van der Waals surface area contributed by atoms with Gasteiger partial charge in [-0.05, 0) is 56.8 Å². The first-order valence-electron chi connectivity index (χ1n) is 7.07. The van der Waals surface area contributed by atoms with E-state index >= 15 is 0 Å². The Labute approximate surface area is 126 Å². The Bertz CT molecular complexity index is 395. The number of benzene rings is 1. The Morgan fingerprint density at radius 2 is 1.80 bits per heavy atom. The maximum Gasteiger partial charge on any atom is 0.166 e. The standard InChI is InChI=1S/C15H24N2O2S/c1-4-12(3)19-14-8-6-13(7-9-14)18-11-10-17-15(20)16-5-2/h6-9,12H,4-5,10-11H2,1-3H3,(H2,16,17,20). The molecular formula is C15H24N2O2S. The van der Waals surface area contributed by atoms with Crippen LogP contribution in [0.15, 0.2) is 24.3 Å². The average molecular weight is 296 g/mol. The summed E-state index contributed by atoms with van der Waals surface area (Å²) in [6.07, 6.45) is 1.23. The molecule has 2 N–H and O–H groups in total. The predicted molar refractivity (Wildman–Crippen MR) is 86.6 cm³/mol. The summed E-state index contributed by atoms with van der Waals surface area (Å²) in [5.41, 5.74) is 0. The number of ether oxygens (including phenoxy) is 2. The fourth-order valence-electron chi connectivity index (χ4n) is 1.49. The van der Waals surface area contributed by atoms with Gasteiger partial charge in [-0.2, -0.15) is 0 Å². The minimum absolute atomic E-state index is 0.234. The van der Waals surface area contributed by atoms with Gasteiger partial charge >= 0.3 is 0 Å². The summed E-state index contributed by atoms with van der Waals surface area (Å²) in [5, 5.41) is 6.75. The highest BCUT2D eigenvalue weighted by molar-refractivity contribution is 7.80. The summed E-state index contributed by atoms with van der Waals surface area (Å²) < 4.78 is 11.3. The van der Waals surface area contributed by atoms with Crippen LogP contribution in [0.3, 0.4) is 0 Å². The van der Waals surface area contributed by atoms with E-state index in [9.17, 15) is 0 Å². The van der Waals surface area contributed by atoms with Crippen LogP contribution in [0.25, 0.3) is 0 Å². The molecule has 1 aromatic rings. The van der Waals surface area contributed by atoms with E-state index in [1.165, 1.54) is 0 Å². The van der Waals surface area contributed by atoms with E-state index in [4.69, 9.17) is 21.7 Å². The third-order valence-corrected chi connectivity index (χ3v) is 3.02. The van der Waals surface area contributed by atoms with Crippen molar-refractivity contribution in [1.82, 2.24) is 10.6 Å². The molecule has 0 aliphatic heterocycles. The SMILES string of the molecule is CCNC(=S)NCCOc1ccc(OC(C)CC)cc1. The molecule has 1 atom stereocenters. The monoisotopic (exact) mass is 296 g/mol. The van der Waals surface area contributed by atoms with Gasteiger partial charge in [-0.25, -0.2) is 0 Å². The number of nitrogens with one attached hydrogen (secondary N) is 2. The van der Waals surface area contributed by atoms with Gasteiger partial charge in [0.1, 0.15) is 18.1 Å². The Morgan fingerprint density at radius 1 is 1.15 bits per heavy atom. The summed E-state index contributed by atoms with van der Waals surface area (Å²) in [6, 6.07) is 7.69. The van der Waals surface area contributed by atoms with Crippen molar-refractivity contribution in [3.8, 4) is 11.5 Å². The average Bonchev–Trinajstić information content (AvgIpc) is 2.45. The first-order chi connectivity index (χ1) is 9.65. The molecule has 0 heterocycles. The molecule has 0 aromatic heterocycles. The lowest BCUT2D eigenvalue weighted by molar-refractivity contribution is 0.217. The van der Waals surface area contributed by atoms with Gasteiger partial charge in [0.2, 0.25) is 0 Å². The lowest BCUT2D eigenvalue weighted by Crippen LogP contribution is -2.37. The highest BCUT2D eigenvalue weighted by atomic mass is 32.1. The summed E-state index contributed by atoms with van der Waals surface area (Å²) >= 11 is 5.06. The second-order valence-electron chi connectivity index (χ2n) is 4.44. The van der Waals surface area contributed by atoms with Crippen molar-refractivity contribution >= 4 is 17.3 Å². The molecule has 4 nitrogen and oxygen atoms in total. The topological polar surface area (TPSA) is 42.5 Å². The van der Waals surface area contributed by atoms with Crippen LogP contribution in [0.2, 0.25) is 0 Å². The normalized spacial score (nSPS) is 11.6. The molecule has 0 spiro atoms. The van der Waals surface area contributed by atoms with Crippen molar-refractivity contribution < 1.29 is 9.47 Å². The molecule has 5 heteroatoms. The lowest BCUT2D eigenvalue weighted by Gasteiger charge is -2.13. The van der Waals surface area contributed by atoms with E-state index in [1.807, 2.05) is 31.2 Å². The maximum absolute atomic E-state index is 5.71. The van der Waals surface area contributed by atoms with Gasteiger partial charge in [0.05, 0.1) is 12.6 Å². The van der Waals surface area contributed by atoms with Crippen molar-refractivity contribution in [3.05, 3.63) is 24.3 Å². The van der Waals surface area contributed by atoms with Crippen molar-refractivity contribution in [2.75, 3.05) is 19.7 Å². The highest BCUT2D eigenvalue weighted by Crippen LogP contribution is 2.19. The van der Waals surface area contributed by atoms with Gasteiger partial charge < -0.3 is 20.1 Å². The molecule has 0 fully saturated rings. The zero-order valence-corrected chi connectivity index (χ0v) is 13.3. The molecule has 0 bridgehead atoms. The third kappa shape index (κ3) is 6.61.